The predicted octanol–water partition coefficient (Wildman–Crippen LogP) is 5.18. The van der Waals surface area contributed by atoms with Gasteiger partial charge in [-0.2, -0.15) is 0 Å². The van der Waals surface area contributed by atoms with Gasteiger partial charge in [-0.1, -0.05) is 24.3 Å². The van der Waals surface area contributed by atoms with Crippen LogP contribution in [0.1, 0.15) is 52.7 Å². The fourth-order valence-electron chi connectivity index (χ4n) is 2.11. The van der Waals surface area contributed by atoms with Crippen molar-refractivity contribution in [3.63, 3.8) is 0 Å². The molecule has 0 aliphatic heterocycles. The van der Waals surface area contributed by atoms with E-state index in [2.05, 4.69) is 0 Å². The first-order chi connectivity index (χ1) is 12.4. The molecule has 2 aromatic rings. The molecule has 0 saturated carbocycles. The van der Waals surface area contributed by atoms with E-state index < -0.39 is 10.8 Å². The fraction of sp³-hybridized carbons (Fsp3) is 0.391. The Balaban J connectivity index is 1.97. The molecule has 0 bridgehead atoms. The first kappa shape index (κ1) is 20.7. The van der Waals surface area contributed by atoms with Crippen LogP contribution in [0.2, 0.25) is 0 Å². The number of rotatable bonds is 4. The van der Waals surface area contributed by atoms with Gasteiger partial charge in [0.05, 0.1) is 10.8 Å². The number of ether oxygens (including phenoxy) is 2. The van der Waals surface area contributed by atoms with Crippen LogP contribution in [0, 0.1) is 10.8 Å². The molecule has 0 atom stereocenters. The molecule has 4 heteroatoms. The van der Waals surface area contributed by atoms with E-state index >= 15 is 0 Å². The average Bonchev–Trinajstić information content (AvgIpc) is 2.56. The van der Waals surface area contributed by atoms with Crippen LogP contribution in [-0.4, -0.2) is 11.9 Å². The molecule has 0 saturated heterocycles. The Morgan fingerprint density at radius 3 is 1.19 bits per heavy atom. The van der Waals surface area contributed by atoms with Crippen molar-refractivity contribution in [2.75, 3.05) is 0 Å². The largest absolute Gasteiger partial charge is 0.426 e. The smallest absolute Gasteiger partial charge is 0.316 e. The zero-order chi connectivity index (χ0) is 20.2. The lowest BCUT2D eigenvalue weighted by molar-refractivity contribution is -0.143. The van der Waals surface area contributed by atoms with Gasteiger partial charge in [0.2, 0.25) is 0 Å². The van der Waals surface area contributed by atoms with Gasteiger partial charge in [0.15, 0.2) is 0 Å². The fourth-order valence-corrected chi connectivity index (χ4v) is 2.11. The number of hydrogen-bond acceptors (Lipinski definition) is 4. The van der Waals surface area contributed by atoms with Gasteiger partial charge in [-0.05, 0) is 83.4 Å². The molecule has 4 nitrogen and oxygen atoms in total. The molecule has 0 heterocycles. The van der Waals surface area contributed by atoms with Crippen LogP contribution < -0.4 is 9.47 Å². The summed E-state index contributed by atoms with van der Waals surface area (Å²) >= 11 is 0. The molecular weight excluding hydrogens is 340 g/mol. The molecule has 0 amide bonds. The zero-order valence-electron chi connectivity index (χ0n) is 17.0. The predicted molar refractivity (Wildman–Crippen MR) is 106 cm³/mol. The van der Waals surface area contributed by atoms with Crippen molar-refractivity contribution in [1.82, 2.24) is 0 Å². The maximum atomic E-state index is 11.9. The van der Waals surface area contributed by atoms with E-state index in [1.54, 1.807) is 24.3 Å². The standard InChI is InChI=1S/C23H28O4/c1-22(2,3)20(24)26-18-11-7-16(8-12-18)15-17-9-13-19(14-10-17)27-21(25)23(4,5)6/h7-14H,15H2,1-6H3. The van der Waals surface area contributed by atoms with Crippen molar-refractivity contribution < 1.29 is 19.1 Å². The molecule has 0 fully saturated rings. The molecule has 0 aliphatic rings. The van der Waals surface area contributed by atoms with Crippen molar-refractivity contribution in [1.29, 1.82) is 0 Å². The van der Waals surface area contributed by atoms with E-state index in [9.17, 15) is 9.59 Å². The van der Waals surface area contributed by atoms with Gasteiger partial charge in [-0.15, -0.1) is 0 Å². The number of carbonyl (C=O) groups is 2. The lowest BCUT2D eigenvalue weighted by Gasteiger charge is -2.16. The summed E-state index contributed by atoms with van der Waals surface area (Å²) in [6.45, 7) is 11.0. The third-order valence-electron chi connectivity index (χ3n) is 3.90. The van der Waals surface area contributed by atoms with Crippen molar-refractivity contribution in [2.45, 2.75) is 48.0 Å². The molecule has 0 radical (unpaired) electrons. The molecule has 2 rings (SSSR count). The maximum absolute atomic E-state index is 11.9. The number of carbonyl (C=O) groups excluding carboxylic acids is 2. The Bertz CT molecular complexity index is 719. The van der Waals surface area contributed by atoms with E-state index in [-0.39, 0.29) is 11.9 Å². The first-order valence-corrected chi connectivity index (χ1v) is 9.07. The monoisotopic (exact) mass is 368 g/mol. The highest BCUT2D eigenvalue weighted by Gasteiger charge is 2.24. The van der Waals surface area contributed by atoms with E-state index in [0.717, 1.165) is 17.5 Å². The van der Waals surface area contributed by atoms with Gasteiger partial charge >= 0.3 is 11.9 Å². The quantitative estimate of drug-likeness (QED) is 0.551. The minimum atomic E-state index is -0.531. The van der Waals surface area contributed by atoms with Crippen LogP contribution in [-0.2, 0) is 16.0 Å². The second-order valence-corrected chi connectivity index (χ2v) is 8.74. The number of hydrogen-bond donors (Lipinski definition) is 0. The summed E-state index contributed by atoms with van der Waals surface area (Å²) in [5.41, 5.74) is 1.14. The summed E-state index contributed by atoms with van der Waals surface area (Å²) in [5, 5.41) is 0. The number of esters is 2. The summed E-state index contributed by atoms with van der Waals surface area (Å²) in [5.74, 6) is 0.581. The van der Waals surface area contributed by atoms with E-state index in [1.165, 1.54) is 0 Å². The van der Waals surface area contributed by atoms with Crippen LogP contribution in [0.5, 0.6) is 11.5 Å². The molecule has 2 aromatic carbocycles. The molecule has 0 unspecified atom stereocenters. The highest BCUT2D eigenvalue weighted by atomic mass is 16.5. The SMILES string of the molecule is CC(C)(C)C(=O)Oc1ccc(Cc2ccc(OC(=O)C(C)(C)C)cc2)cc1. The van der Waals surface area contributed by atoms with Crippen LogP contribution >= 0.6 is 0 Å². The Morgan fingerprint density at radius 2 is 0.926 bits per heavy atom. The van der Waals surface area contributed by atoms with Crippen molar-refractivity contribution in [3.05, 3.63) is 59.7 Å². The third kappa shape index (κ3) is 6.24. The Labute approximate surface area is 161 Å². The normalized spacial score (nSPS) is 11.8. The molecule has 0 aromatic heterocycles. The second-order valence-electron chi connectivity index (χ2n) is 8.74. The number of benzene rings is 2. The van der Waals surface area contributed by atoms with Crippen molar-refractivity contribution in [3.8, 4) is 11.5 Å². The molecule has 27 heavy (non-hydrogen) atoms. The second kappa shape index (κ2) is 7.95. The summed E-state index contributed by atoms with van der Waals surface area (Å²) in [4.78, 5) is 23.8. The molecule has 144 valence electrons. The lowest BCUT2D eigenvalue weighted by atomic mass is 9.97. The molecule has 0 aliphatic carbocycles. The van der Waals surface area contributed by atoms with E-state index in [4.69, 9.17) is 9.47 Å². The Hall–Kier alpha value is -2.62. The van der Waals surface area contributed by atoms with Crippen LogP contribution in [0.25, 0.3) is 0 Å². The Morgan fingerprint density at radius 1 is 0.630 bits per heavy atom. The van der Waals surface area contributed by atoms with Gasteiger partial charge in [-0.3, -0.25) is 9.59 Å². The molecule has 0 N–H and O–H groups in total. The van der Waals surface area contributed by atoms with Crippen LogP contribution in [0.15, 0.2) is 48.5 Å². The summed E-state index contributed by atoms with van der Waals surface area (Å²) < 4.78 is 10.8. The van der Waals surface area contributed by atoms with Gasteiger partial charge in [0.25, 0.3) is 0 Å². The minimum absolute atomic E-state index is 0.254. The molecular formula is C23H28O4. The summed E-state index contributed by atoms with van der Waals surface area (Å²) in [6, 6.07) is 15.0. The first-order valence-electron chi connectivity index (χ1n) is 9.07. The van der Waals surface area contributed by atoms with Gasteiger partial charge in [0, 0.05) is 0 Å². The topological polar surface area (TPSA) is 52.6 Å². The van der Waals surface area contributed by atoms with Crippen molar-refractivity contribution in [2.24, 2.45) is 10.8 Å². The van der Waals surface area contributed by atoms with E-state index in [1.807, 2.05) is 65.8 Å². The third-order valence-corrected chi connectivity index (χ3v) is 3.90. The maximum Gasteiger partial charge on any atom is 0.316 e. The highest BCUT2D eigenvalue weighted by molar-refractivity contribution is 5.78. The van der Waals surface area contributed by atoms with E-state index in [0.29, 0.717) is 11.5 Å². The van der Waals surface area contributed by atoms with Crippen LogP contribution in [0.3, 0.4) is 0 Å². The van der Waals surface area contributed by atoms with Gasteiger partial charge in [0.1, 0.15) is 11.5 Å². The highest BCUT2D eigenvalue weighted by Crippen LogP contribution is 2.22. The van der Waals surface area contributed by atoms with Gasteiger partial charge < -0.3 is 9.47 Å². The summed E-state index contributed by atoms with van der Waals surface area (Å²) in [7, 11) is 0. The summed E-state index contributed by atoms with van der Waals surface area (Å²) in [6.07, 6.45) is 0.737. The van der Waals surface area contributed by atoms with Crippen molar-refractivity contribution >= 4 is 11.9 Å². The molecule has 0 spiro atoms. The van der Waals surface area contributed by atoms with Crippen LogP contribution in [0.4, 0.5) is 0 Å². The average molecular weight is 368 g/mol. The lowest BCUT2D eigenvalue weighted by Crippen LogP contribution is -2.25. The van der Waals surface area contributed by atoms with Gasteiger partial charge in [-0.25, -0.2) is 0 Å². The minimum Gasteiger partial charge on any atom is -0.426 e. The zero-order valence-corrected chi connectivity index (χ0v) is 17.0. The Kier molecular flexibility index (Phi) is 6.09.